The van der Waals surface area contributed by atoms with Gasteiger partial charge in [0.05, 0.1) is 5.69 Å². The molecule has 2 heteroatoms. The molecule has 0 radical (unpaired) electrons. The highest BCUT2D eigenvalue weighted by atomic mass is 19.1. The summed E-state index contributed by atoms with van der Waals surface area (Å²) < 4.78 is 13.6. The van der Waals surface area contributed by atoms with Crippen LogP contribution in [0.15, 0.2) is 12.3 Å². The lowest BCUT2D eigenvalue weighted by Crippen LogP contribution is -2.02. The van der Waals surface area contributed by atoms with Crippen molar-refractivity contribution in [3.8, 4) is 0 Å². The molecule has 78 valence electrons. The van der Waals surface area contributed by atoms with Crippen LogP contribution in [0.4, 0.5) is 4.39 Å². The fraction of sp³-hybridized carbons (Fsp3) is 0.583. The second-order valence-corrected chi connectivity index (χ2v) is 4.10. The van der Waals surface area contributed by atoms with Gasteiger partial charge in [0.15, 0.2) is 0 Å². The van der Waals surface area contributed by atoms with E-state index in [2.05, 4.69) is 4.98 Å². The van der Waals surface area contributed by atoms with Crippen molar-refractivity contribution in [3.63, 3.8) is 0 Å². The van der Waals surface area contributed by atoms with Gasteiger partial charge in [-0.15, -0.1) is 0 Å². The maximum Gasteiger partial charge on any atom is 0.145 e. The van der Waals surface area contributed by atoms with Crippen molar-refractivity contribution >= 4 is 0 Å². The van der Waals surface area contributed by atoms with Gasteiger partial charge in [0.1, 0.15) is 5.82 Å². The van der Waals surface area contributed by atoms with Crippen LogP contribution < -0.4 is 0 Å². The fourth-order valence-electron chi connectivity index (χ4n) is 1.33. The zero-order chi connectivity index (χ0) is 10.7. The van der Waals surface area contributed by atoms with Gasteiger partial charge in [-0.2, -0.15) is 0 Å². The highest BCUT2D eigenvalue weighted by Gasteiger charge is 2.12. The zero-order valence-corrected chi connectivity index (χ0v) is 9.34. The Kier molecular flexibility index (Phi) is 3.62. The summed E-state index contributed by atoms with van der Waals surface area (Å²) in [5.74, 6) is 0.379. The summed E-state index contributed by atoms with van der Waals surface area (Å²) in [5, 5.41) is 0. The molecule has 0 bridgehead atoms. The third-order valence-corrected chi connectivity index (χ3v) is 2.64. The fourth-order valence-corrected chi connectivity index (χ4v) is 1.33. The van der Waals surface area contributed by atoms with Crippen LogP contribution in [0.2, 0.25) is 0 Å². The lowest BCUT2D eigenvalue weighted by atomic mass is 10.0. The second-order valence-electron chi connectivity index (χ2n) is 4.10. The summed E-state index contributed by atoms with van der Waals surface area (Å²) in [5.41, 5.74) is 1.56. The van der Waals surface area contributed by atoms with Crippen molar-refractivity contribution in [1.82, 2.24) is 4.98 Å². The highest BCUT2D eigenvalue weighted by molar-refractivity contribution is 5.20. The molecule has 0 aliphatic carbocycles. The number of hydrogen-bond donors (Lipinski definition) is 0. The van der Waals surface area contributed by atoms with Gasteiger partial charge in [-0.05, 0) is 24.0 Å². The Morgan fingerprint density at radius 2 is 2.00 bits per heavy atom. The summed E-state index contributed by atoms with van der Waals surface area (Å²) >= 11 is 0. The lowest BCUT2D eigenvalue weighted by Gasteiger charge is -2.11. The van der Waals surface area contributed by atoms with Crippen molar-refractivity contribution in [3.05, 3.63) is 29.3 Å². The van der Waals surface area contributed by atoms with Gasteiger partial charge in [-0.1, -0.05) is 27.7 Å². The summed E-state index contributed by atoms with van der Waals surface area (Å²) in [6.07, 6.45) is 2.71. The summed E-state index contributed by atoms with van der Waals surface area (Å²) in [4.78, 5) is 4.20. The standard InChI is InChI=1S/C12H18FN/c1-5-9(4)12-11(13)6-10(7-14-12)8(2)3/h6-9H,5H2,1-4H3/t9-/m1/s1. The van der Waals surface area contributed by atoms with Gasteiger partial charge < -0.3 is 0 Å². The molecule has 0 N–H and O–H groups in total. The van der Waals surface area contributed by atoms with E-state index in [9.17, 15) is 4.39 Å². The topological polar surface area (TPSA) is 12.9 Å². The second kappa shape index (κ2) is 4.54. The Morgan fingerprint density at radius 1 is 1.36 bits per heavy atom. The molecule has 0 aromatic carbocycles. The van der Waals surface area contributed by atoms with Gasteiger partial charge in [-0.25, -0.2) is 4.39 Å². The molecule has 0 aliphatic heterocycles. The molecular formula is C12H18FN. The molecule has 0 saturated carbocycles. The van der Waals surface area contributed by atoms with Crippen LogP contribution in [0.3, 0.4) is 0 Å². The maximum atomic E-state index is 13.6. The number of rotatable bonds is 3. The molecule has 0 amide bonds. The molecular weight excluding hydrogens is 177 g/mol. The van der Waals surface area contributed by atoms with Crippen molar-refractivity contribution in [1.29, 1.82) is 0 Å². The first-order valence-corrected chi connectivity index (χ1v) is 5.21. The lowest BCUT2D eigenvalue weighted by molar-refractivity contribution is 0.563. The van der Waals surface area contributed by atoms with Crippen LogP contribution in [0.25, 0.3) is 0 Å². The predicted molar refractivity (Wildman–Crippen MR) is 57.0 cm³/mol. The minimum atomic E-state index is -0.162. The smallest absolute Gasteiger partial charge is 0.145 e. The average Bonchev–Trinajstić information content (AvgIpc) is 2.16. The van der Waals surface area contributed by atoms with Crippen LogP contribution in [-0.4, -0.2) is 4.98 Å². The van der Waals surface area contributed by atoms with Gasteiger partial charge >= 0.3 is 0 Å². The predicted octanol–water partition coefficient (Wildman–Crippen LogP) is 3.86. The van der Waals surface area contributed by atoms with Crippen LogP contribution in [0.5, 0.6) is 0 Å². The number of nitrogens with zero attached hydrogens (tertiary/aromatic N) is 1. The zero-order valence-electron chi connectivity index (χ0n) is 9.34. The van der Waals surface area contributed by atoms with Crippen molar-refractivity contribution in [2.45, 2.75) is 46.0 Å². The molecule has 0 aliphatic rings. The van der Waals surface area contributed by atoms with E-state index < -0.39 is 0 Å². The Balaban J connectivity index is 3.01. The quantitative estimate of drug-likeness (QED) is 0.713. The van der Waals surface area contributed by atoms with Gasteiger partial charge in [0.2, 0.25) is 0 Å². The van der Waals surface area contributed by atoms with E-state index in [0.717, 1.165) is 12.0 Å². The molecule has 1 aromatic rings. The monoisotopic (exact) mass is 195 g/mol. The van der Waals surface area contributed by atoms with Crippen LogP contribution in [0, 0.1) is 5.82 Å². The van der Waals surface area contributed by atoms with E-state index in [4.69, 9.17) is 0 Å². The number of hydrogen-bond acceptors (Lipinski definition) is 1. The van der Waals surface area contributed by atoms with E-state index in [-0.39, 0.29) is 11.7 Å². The Labute approximate surface area is 85.4 Å². The molecule has 1 heterocycles. The van der Waals surface area contributed by atoms with E-state index in [0.29, 0.717) is 11.6 Å². The third kappa shape index (κ3) is 2.31. The van der Waals surface area contributed by atoms with Crippen molar-refractivity contribution in [2.24, 2.45) is 0 Å². The van der Waals surface area contributed by atoms with E-state index in [1.807, 2.05) is 27.7 Å². The maximum absolute atomic E-state index is 13.6. The summed E-state index contributed by atoms with van der Waals surface area (Å²) in [6.45, 7) is 8.13. The number of pyridine rings is 1. The SMILES string of the molecule is CC[C@@H](C)c1ncc(C(C)C)cc1F. The summed E-state index contributed by atoms with van der Waals surface area (Å²) in [6, 6.07) is 1.61. The molecule has 1 atom stereocenters. The molecule has 0 fully saturated rings. The Morgan fingerprint density at radius 3 is 2.43 bits per heavy atom. The number of aromatic nitrogens is 1. The van der Waals surface area contributed by atoms with Crippen LogP contribution in [0.1, 0.15) is 57.2 Å². The largest absolute Gasteiger partial charge is 0.258 e. The number of halogens is 1. The first kappa shape index (κ1) is 11.2. The molecule has 1 nitrogen and oxygen atoms in total. The molecule has 14 heavy (non-hydrogen) atoms. The normalized spacial score (nSPS) is 13.3. The van der Waals surface area contributed by atoms with E-state index in [1.54, 1.807) is 12.3 Å². The molecule has 1 rings (SSSR count). The van der Waals surface area contributed by atoms with E-state index >= 15 is 0 Å². The molecule has 1 aromatic heterocycles. The highest BCUT2D eigenvalue weighted by Crippen LogP contribution is 2.22. The Hall–Kier alpha value is -0.920. The van der Waals surface area contributed by atoms with Gasteiger partial charge in [-0.3, -0.25) is 4.98 Å². The van der Waals surface area contributed by atoms with Gasteiger partial charge in [0, 0.05) is 12.1 Å². The first-order valence-electron chi connectivity index (χ1n) is 5.21. The third-order valence-electron chi connectivity index (χ3n) is 2.64. The van der Waals surface area contributed by atoms with E-state index in [1.165, 1.54) is 0 Å². The minimum absolute atomic E-state index is 0.162. The average molecular weight is 195 g/mol. The molecule has 0 spiro atoms. The van der Waals surface area contributed by atoms with Crippen LogP contribution >= 0.6 is 0 Å². The van der Waals surface area contributed by atoms with Crippen molar-refractivity contribution < 1.29 is 4.39 Å². The Bertz CT molecular complexity index is 307. The molecule has 0 saturated heterocycles. The van der Waals surface area contributed by atoms with Crippen molar-refractivity contribution in [2.75, 3.05) is 0 Å². The van der Waals surface area contributed by atoms with Gasteiger partial charge in [0.25, 0.3) is 0 Å². The molecule has 0 unspecified atom stereocenters. The first-order chi connectivity index (χ1) is 6.56. The van der Waals surface area contributed by atoms with Crippen LogP contribution in [-0.2, 0) is 0 Å². The summed E-state index contributed by atoms with van der Waals surface area (Å²) in [7, 11) is 0. The minimum Gasteiger partial charge on any atom is -0.258 e.